The molecule has 3 aromatic rings. The SMILES string of the molecule is C=CC(=O)N1CC[C@@](Nc2ccc3ncn(C)c(=O)c3c2)(c2cccc(Cl)c2C)C1. The van der Waals surface area contributed by atoms with E-state index in [1.165, 1.54) is 17.0 Å². The number of carbonyl (C=O) groups excluding carboxylic acids is 1. The zero-order valence-electron chi connectivity index (χ0n) is 17.0. The van der Waals surface area contributed by atoms with Crippen LogP contribution in [-0.2, 0) is 17.4 Å². The average molecular weight is 423 g/mol. The van der Waals surface area contributed by atoms with E-state index in [2.05, 4.69) is 16.9 Å². The van der Waals surface area contributed by atoms with Crippen LogP contribution in [0.25, 0.3) is 10.9 Å². The van der Waals surface area contributed by atoms with Gasteiger partial charge in [0, 0.05) is 30.8 Å². The number of aromatic nitrogens is 2. The summed E-state index contributed by atoms with van der Waals surface area (Å²) in [7, 11) is 1.68. The summed E-state index contributed by atoms with van der Waals surface area (Å²) in [5.74, 6) is -0.102. The highest BCUT2D eigenvalue weighted by Gasteiger charge is 2.42. The van der Waals surface area contributed by atoms with Gasteiger partial charge in [0.1, 0.15) is 0 Å². The van der Waals surface area contributed by atoms with Crippen LogP contribution in [-0.4, -0.2) is 33.4 Å². The van der Waals surface area contributed by atoms with Crippen molar-refractivity contribution in [3.63, 3.8) is 0 Å². The van der Waals surface area contributed by atoms with E-state index in [-0.39, 0.29) is 11.5 Å². The molecule has 1 N–H and O–H groups in total. The maximum absolute atomic E-state index is 12.6. The van der Waals surface area contributed by atoms with E-state index in [1.807, 2.05) is 43.3 Å². The highest BCUT2D eigenvalue weighted by atomic mass is 35.5. The quantitative estimate of drug-likeness (QED) is 0.652. The van der Waals surface area contributed by atoms with Gasteiger partial charge >= 0.3 is 0 Å². The Hall–Kier alpha value is -3.12. The molecule has 1 fully saturated rings. The molecule has 2 aromatic carbocycles. The summed E-state index contributed by atoms with van der Waals surface area (Å²) in [6.07, 6.45) is 3.56. The maximum Gasteiger partial charge on any atom is 0.260 e. The molecule has 0 saturated carbocycles. The van der Waals surface area contributed by atoms with Gasteiger partial charge in [0.15, 0.2) is 0 Å². The zero-order chi connectivity index (χ0) is 21.5. The van der Waals surface area contributed by atoms with Crippen LogP contribution >= 0.6 is 11.6 Å². The number of anilines is 1. The molecule has 1 aromatic heterocycles. The fourth-order valence-electron chi connectivity index (χ4n) is 4.21. The number of hydrogen-bond acceptors (Lipinski definition) is 4. The van der Waals surface area contributed by atoms with Crippen molar-refractivity contribution in [3.8, 4) is 0 Å². The van der Waals surface area contributed by atoms with Gasteiger partial charge < -0.3 is 14.8 Å². The summed E-state index contributed by atoms with van der Waals surface area (Å²) in [4.78, 5) is 31.0. The zero-order valence-corrected chi connectivity index (χ0v) is 17.7. The summed E-state index contributed by atoms with van der Waals surface area (Å²) in [6, 6.07) is 11.4. The fraction of sp³-hybridized carbons (Fsp3) is 0.261. The van der Waals surface area contributed by atoms with Crippen LogP contribution in [0.1, 0.15) is 17.5 Å². The molecule has 0 bridgehead atoms. The molecular weight excluding hydrogens is 400 g/mol. The first kappa shape index (κ1) is 20.2. The molecule has 0 aliphatic carbocycles. The number of hydrogen-bond donors (Lipinski definition) is 1. The number of likely N-dealkylation sites (tertiary alicyclic amines) is 1. The van der Waals surface area contributed by atoms with Crippen molar-refractivity contribution in [2.75, 3.05) is 18.4 Å². The van der Waals surface area contributed by atoms with Crippen molar-refractivity contribution in [1.82, 2.24) is 14.5 Å². The number of rotatable bonds is 4. The molecule has 30 heavy (non-hydrogen) atoms. The van der Waals surface area contributed by atoms with E-state index in [9.17, 15) is 9.59 Å². The number of halogens is 1. The van der Waals surface area contributed by atoms with E-state index in [0.29, 0.717) is 35.4 Å². The normalized spacial score (nSPS) is 18.6. The van der Waals surface area contributed by atoms with Gasteiger partial charge in [0.05, 0.1) is 22.8 Å². The fourth-order valence-corrected chi connectivity index (χ4v) is 4.38. The first-order chi connectivity index (χ1) is 14.3. The molecule has 0 radical (unpaired) electrons. The first-order valence-corrected chi connectivity index (χ1v) is 10.1. The number of benzene rings is 2. The minimum atomic E-state index is -0.533. The molecule has 0 spiro atoms. The van der Waals surface area contributed by atoms with Crippen LogP contribution in [0, 0.1) is 6.92 Å². The topological polar surface area (TPSA) is 67.2 Å². The lowest BCUT2D eigenvalue weighted by Crippen LogP contribution is -2.40. The summed E-state index contributed by atoms with van der Waals surface area (Å²) < 4.78 is 1.46. The van der Waals surface area contributed by atoms with E-state index in [4.69, 9.17) is 11.6 Å². The van der Waals surface area contributed by atoms with Gasteiger partial charge in [-0.3, -0.25) is 9.59 Å². The van der Waals surface area contributed by atoms with Crippen LogP contribution < -0.4 is 10.9 Å². The minimum Gasteiger partial charge on any atom is -0.374 e. The smallest absolute Gasteiger partial charge is 0.260 e. The van der Waals surface area contributed by atoms with Crippen molar-refractivity contribution in [3.05, 3.63) is 81.9 Å². The van der Waals surface area contributed by atoms with Gasteiger partial charge in [-0.25, -0.2) is 4.98 Å². The van der Waals surface area contributed by atoms with Gasteiger partial charge in [0.2, 0.25) is 5.91 Å². The first-order valence-electron chi connectivity index (χ1n) is 9.75. The number of nitrogens with one attached hydrogen (secondary N) is 1. The van der Waals surface area contributed by atoms with Crippen LogP contribution in [0.2, 0.25) is 5.02 Å². The Balaban J connectivity index is 1.81. The third-order valence-electron chi connectivity index (χ3n) is 5.84. The number of nitrogens with zero attached hydrogens (tertiary/aromatic N) is 3. The summed E-state index contributed by atoms with van der Waals surface area (Å²) in [6.45, 7) is 6.67. The Morgan fingerprint density at radius 3 is 2.90 bits per heavy atom. The minimum absolute atomic E-state index is 0.102. The van der Waals surface area contributed by atoms with E-state index in [1.54, 1.807) is 11.9 Å². The highest BCUT2D eigenvalue weighted by Crippen LogP contribution is 2.39. The molecule has 2 heterocycles. The third-order valence-corrected chi connectivity index (χ3v) is 6.25. The monoisotopic (exact) mass is 422 g/mol. The van der Waals surface area contributed by atoms with Crippen LogP contribution in [0.4, 0.5) is 5.69 Å². The Morgan fingerprint density at radius 2 is 2.13 bits per heavy atom. The molecule has 154 valence electrons. The van der Waals surface area contributed by atoms with Crippen LogP contribution in [0.5, 0.6) is 0 Å². The standard InChI is InChI=1S/C23H23ClN4O2/c1-4-21(29)28-11-10-23(13-28,18-6-5-7-19(24)15(18)2)26-16-8-9-20-17(12-16)22(30)27(3)14-25-20/h4-9,12,14,26H,1,10-11,13H2,2-3H3/t23-/m0/s1. The Kier molecular flexibility index (Phi) is 5.12. The molecule has 1 aliphatic heterocycles. The second kappa shape index (κ2) is 7.61. The van der Waals surface area contributed by atoms with Gasteiger partial charge in [-0.2, -0.15) is 0 Å². The molecule has 7 heteroatoms. The molecule has 1 atom stereocenters. The number of carbonyl (C=O) groups is 1. The molecule has 6 nitrogen and oxygen atoms in total. The Morgan fingerprint density at radius 1 is 1.33 bits per heavy atom. The summed E-state index contributed by atoms with van der Waals surface area (Å²) >= 11 is 6.42. The van der Waals surface area contributed by atoms with Crippen LogP contribution in [0.3, 0.4) is 0 Å². The Labute approximate surface area is 179 Å². The number of fused-ring (bicyclic) bond motifs is 1. The van der Waals surface area contributed by atoms with Crippen molar-refractivity contribution in [2.24, 2.45) is 7.05 Å². The molecule has 1 aliphatic rings. The van der Waals surface area contributed by atoms with Gasteiger partial charge in [-0.15, -0.1) is 0 Å². The third kappa shape index (κ3) is 3.37. The second-order valence-electron chi connectivity index (χ2n) is 7.73. The van der Waals surface area contributed by atoms with Crippen molar-refractivity contribution >= 4 is 34.1 Å². The predicted octanol–water partition coefficient (Wildman–Crippen LogP) is 3.62. The summed E-state index contributed by atoms with van der Waals surface area (Å²) in [5, 5.41) is 4.84. The lowest BCUT2D eigenvalue weighted by molar-refractivity contribution is -0.125. The largest absolute Gasteiger partial charge is 0.374 e. The van der Waals surface area contributed by atoms with Crippen molar-refractivity contribution in [2.45, 2.75) is 18.9 Å². The van der Waals surface area contributed by atoms with Crippen molar-refractivity contribution in [1.29, 1.82) is 0 Å². The lowest BCUT2D eigenvalue weighted by Gasteiger charge is -2.34. The molecule has 1 amide bonds. The van der Waals surface area contributed by atoms with Crippen LogP contribution in [0.15, 0.2) is 60.2 Å². The van der Waals surface area contributed by atoms with Gasteiger partial charge in [0.25, 0.3) is 5.56 Å². The van der Waals surface area contributed by atoms with Crippen molar-refractivity contribution < 1.29 is 4.79 Å². The predicted molar refractivity (Wildman–Crippen MR) is 120 cm³/mol. The van der Waals surface area contributed by atoms with E-state index in [0.717, 1.165) is 16.8 Å². The molecule has 0 unspecified atom stereocenters. The lowest BCUT2D eigenvalue weighted by atomic mass is 9.85. The highest BCUT2D eigenvalue weighted by molar-refractivity contribution is 6.31. The molecule has 1 saturated heterocycles. The second-order valence-corrected chi connectivity index (χ2v) is 8.13. The van der Waals surface area contributed by atoms with E-state index >= 15 is 0 Å². The molecular formula is C23H23ClN4O2. The maximum atomic E-state index is 12.6. The van der Waals surface area contributed by atoms with E-state index < -0.39 is 5.54 Å². The van der Waals surface area contributed by atoms with Gasteiger partial charge in [-0.05, 0) is 54.8 Å². The summed E-state index contributed by atoms with van der Waals surface area (Å²) in [5.41, 5.74) is 2.80. The van der Waals surface area contributed by atoms with Gasteiger partial charge in [-0.1, -0.05) is 30.3 Å². The molecule has 4 rings (SSSR count). The Bertz CT molecular complexity index is 1220. The average Bonchev–Trinajstić information content (AvgIpc) is 3.17. The number of amides is 1. The number of aryl methyl sites for hydroxylation is 1.